The zero-order valence-corrected chi connectivity index (χ0v) is 18.1. The number of hydrogen-bond donors (Lipinski definition) is 1. The lowest BCUT2D eigenvalue weighted by Gasteiger charge is -2.17. The quantitative estimate of drug-likeness (QED) is 0.611. The van der Waals surface area contributed by atoms with Gasteiger partial charge in [-0.1, -0.05) is 35.9 Å². The summed E-state index contributed by atoms with van der Waals surface area (Å²) in [6.45, 7) is 6.10. The maximum atomic E-state index is 13.5. The SMILES string of the molecule is Cc1ccc(C2=C(Nc3ccc4c(c3)OCO4)C(=O)N(c3ccc(C)c(C)c3)C2=O)cc1. The minimum atomic E-state index is -0.397. The molecule has 0 atom stereocenters. The molecule has 2 amide bonds. The number of carbonyl (C=O) groups is 2. The first-order valence-electron chi connectivity index (χ1n) is 10.4. The first-order valence-corrected chi connectivity index (χ1v) is 10.4. The van der Waals surface area contributed by atoms with Crippen LogP contribution < -0.4 is 19.7 Å². The van der Waals surface area contributed by atoms with E-state index in [2.05, 4.69) is 5.32 Å². The molecule has 5 rings (SSSR count). The van der Waals surface area contributed by atoms with Crippen molar-refractivity contribution in [1.82, 2.24) is 0 Å². The normalized spacial score (nSPS) is 15.0. The van der Waals surface area contributed by atoms with E-state index in [1.54, 1.807) is 24.3 Å². The molecule has 0 unspecified atom stereocenters. The van der Waals surface area contributed by atoms with Gasteiger partial charge in [-0.15, -0.1) is 0 Å². The third kappa shape index (κ3) is 3.30. The molecule has 0 spiro atoms. The number of benzene rings is 3. The Hall–Kier alpha value is -4.06. The maximum absolute atomic E-state index is 13.5. The molecule has 0 saturated heterocycles. The Balaban J connectivity index is 1.59. The summed E-state index contributed by atoms with van der Waals surface area (Å²) >= 11 is 0. The Labute approximate surface area is 186 Å². The molecule has 0 aliphatic carbocycles. The van der Waals surface area contributed by atoms with Gasteiger partial charge in [0.15, 0.2) is 11.5 Å². The van der Waals surface area contributed by atoms with Crippen molar-refractivity contribution in [2.24, 2.45) is 0 Å². The summed E-state index contributed by atoms with van der Waals surface area (Å²) in [5.41, 5.74) is 5.62. The number of hydrogen-bond acceptors (Lipinski definition) is 5. The molecule has 0 fully saturated rings. The second-order valence-corrected chi connectivity index (χ2v) is 8.02. The minimum absolute atomic E-state index is 0.161. The number of ether oxygens (including phenoxy) is 2. The third-order valence-corrected chi connectivity index (χ3v) is 5.81. The molecule has 0 aromatic heterocycles. The molecule has 0 saturated carbocycles. The lowest BCUT2D eigenvalue weighted by molar-refractivity contribution is -0.120. The van der Waals surface area contributed by atoms with Crippen molar-refractivity contribution in [2.45, 2.75) is 20.8 Å². The Morgan fingerprint density at radius 2 is 1.53 bits per heavy atom. The number of anilines is 2. The second-order valence-electron chi connectivity index (χ2n) is 8.02. The molecule has 3 aromatic carbocycles. The Morgan fingerprint density at radius 1 is 0.781 bits per heavy atom. The Kier molecular flexibility index (Phi) is 4.70. The van der Waals surface area contributed by atoms with Crippen LogP contribution in [0.25, 0.3) is 5.57 Å². The molecule has 6 nitrogen and oxygen atoms in total. The maximum Gasteiger partial charge on any atom is 0.282 e. The van der Waals surface area contributed by atoms with Gasteiger partial charge in [-0.2, -0.15) is 0 Å². The summed E-state index contributed by atoms with van der Waals surface area (Å²) in [5, 5.41) is 3.17. The van der Waals surface area contributed by atoms with E-state index in [4.69, 9.17) is 9.47 Å². The number of nitrogens with zero attached hydrogens (tertiary/aromatic N) is 1. The van der Waals surface area contributed by atoms with Crippen molar-refractivity contribution in [1.29, 1.82) is 0 Å². The van der Waals surface area contributed by atoms with Crippen molar-refractivity contribution >= 4 is 28.8 Å². The van der Waals surface area contributed by atoms with Gasteiger partial charge in [0.2, 0.25) is 6.79 Å². The third-order valence-electron chi connectivity index (χ3n) is 5.81. The number of nitrogens with one attached hydrogen (secondary N) is 1. The highest BCUT2D eigenvalue weighted by Gasteiger charge is 2.40. The fraction of sp³-hybridized carbons (Fsp3) is 0.154. The van der Waals surface area contributed by atoms with E-state index in [-0.39, 0.29) is 18.4 Å². The predicted molar refractivity (Wildman–Crippen MR) is 123 cm³/mol. The fourth-order valence-corrected chi connectivity index (χ4v) is 3.85. The van der Waals surface area contributed by atoms with E-state index >= 15 is 0 Å². The van der Waals surface area contributed by atoms with Gasteiger partial charge < -0.3 is 14.8 Å². The molecular formula is C26H22N2O4. The zero-order valence-electron chi connectivity index (χ0n) is 18.1. The fourth-order valence-electron chi connectivity index (χ4n) is 3.85. The molecular weight excluding hydrogens is 404 g/mol. The second kappa shape index (κ2) is 7.57. The summed E-state index contributed by atoms with van der Waals surface area (Å²) in [4.78, 5) is 28.3. The van der Waals surface area contributed by atoms with Gasteiger partial charge in [-0.25, -0.2) is 4.90 Å². The van der Waals surface area contributed by atoms with E-state index in [1.807, 2.05) is 57.2 Å². The van der Waals surface area contributed by atoms with Crippen molar-refractivity contribution in [2.75, 3.05) is 17.0 Å². The molecule has 2 heterocycles. The number of fused-ring (bicyclic) bond motifs is 1. The molecule has 2 aliphatic heterocycles. The van der Waals surface area contributed by atoms with Gasteiger partial charge in [0.25, 0.3) is 11.8 Å². The summed E-state index contributed by atoms with van der Waals surface area (Å²) in [6.07, 6.45) is 0. The van der Waals surface area contributed by atoms with Crippen molar-refractivity contribution < 1.29 is 19.1 Å². The topological polar surface area (TPSA) is 67.9 Å². The first kappa shape index (κ1) is 19.9. The van der Waals surface area contributed by atoms with E-state index in [0.717, 1.165) is 16.7 Å². The number of amides is 2. The van der Waals surface area contributed by atoms with Gasteiger partial charge in [0.05, 0.1) is 11.3 Å². The van der Waals surface area contributed by atoms with Gasteiger partial charge in [-0.05, 0) is 61.7 Å². The van der Waals surface area contributed by atoms with E-state index in [1.165, 1.54) is 4.90 Å². The molecule has 3 aromatic rings. The average molecular weight is 426 g/mol. The molecule has 0 radical (unpaired) electrons. The summed E-state index contributed by atoms with van der Waals surface area (Å²) in [6, 6.07) is 18.5. The van der Waals surface area contributed by atoms with Crippen LogP contribution in [0.1, 0.15) is 22.3 Å². The number of aryl methyl sites for hydroxylation is 3. The molecule has 0 bridgehead atoms. The lowest BCUT2D eigenvalue weighted by atomic mass is 10.0. The van der Waals surface area contributed by atoms with E-state index < -0.39 is 5.91 Å². The number of rotatable bonds is 4. The van der Waals surface area contributed by atoms with Crippen LogP contribution >= 0.6 is 0 Å². The van der Waals surface area contributed by atoms with Crippen LogP contribution in [0.4, 0.5) is 11.4 Å². The van der Waals surface area contributed by atoms with Gasteiger partial charge in [0.1, 0.15) is 5.70 Å². The predicted octanol–water partition coefficient (Wildman–Crippen LogP) is 4.74. The summed E-state index contributed by atoms with van der Waals surface area (Å²) in [5.74, 6) is 0.487. The molecule has 6 heteroatoms. The zero-order chi connectivity index (χ0) is 22.4. The largest absolute Gasteiger partial charge is 0.454 e. The van der Waals surface area contributed by atoms with Gasteiger partial charge in [0, 0.05) is 11.8 Å². The number of carbonyl (C=O) groups excluding carboxylic acids is 2. The highest BCUT2D eigenvalue weighted by molar-refractivity contribution is 6.46. The van der Waals surface area contributed by atoms with Crippen molar-refractivity contribution in [3.63, 3.8) is 0 Å². The van der Waals surface area contributed by atoms with Crippen molar-refractivity contribution in [3.8, 4) is 11.5 Å². The Morgan fingerprint density at radius 3 is 2.28 bits per heavy atom. The van der Waals surface area contributed by atoms with Crippen LogP contribution in [-0.4, -0.2) is 18.6 Å². The standard InChI is InChI=1S/C26H22N2O4/c1-15-4-7-18(8-5-15)23-24(27-19-9-11-21-22(13-19)32-14-31-21)26(30)28(25(23)29)20-10-6-16(2)17(3)12-20/h4-13,27H,14H2,1-3H3. The highest BCUT2D eigenvalue weighted by atomic mass is 16.7. The molecule has 1 N–H and O–H groups in total. The average Bonchev–Trinajstić information content (AvgIpc) is 3.33. The van der Waals surface area contributed by atoms with Crippen molar-refractivity contribution in [3.05, 3.63) is 88.6 Å². The van der Waals surface area contributed by atoms with Crippen LogP contribution in [0, 0.1) is 20.8 Å². The molecule has 32 heavy (non-hydrogen) atoms. The highest BCUT2D eigenvalue weighted by Crippen LogP contribution is 2.38. The van der Waals surface area contributed by atoms with Crippen LogP contribution in [-0.2, 0) is 9.59 Å². The van der Waals surface area contributed by atoms with Crippen LogP contribution in [0.15, 0.2) is 66.4 Å². The molecule has 160 valence electrons. The summed E-state index contributed by atoms with van der Waals surface area (Å²) in [7, 11) is 0. The monoisotopic (exact) mass is 426 g/mol. The number of imide groups is 1. The Bertz CT molecular complexity index is 1290. The van der Waals surface area contributed by atoms with Crippen LogP contribution in [0.3, 0.4) is 0 Å². The smallest absolute Gasteiger partial charge is 0.282 e. The molecule has 2 aliphatic rings. The van der Waals surface area contributed by atoms with Crippen LogP contribution in [0.2, 0.25) is 0 Å². The summed E-state index contributed by atoms with van der Waals surface area (Å²) < 4.78 is 10.8. The van der Waals surface area contributed by atoms with E-state index in [9.17, 15) is 9.59 Å². The van der Waals surface area contributed by atoms with E-state index in [0.29, 0.717) is 34.0 Å². The van der Waals surface area contributed by atoms with Crippen LogP contribution in [0.5, 0.6) is 11.5 Å². The minimum Gasteiger partial charge on any atom is -0.454 e. The first-order chi connectivity index (χ1) is 15.4. The lowest BCUT2D eigenvalue weighted by Crippen LogP contribution is -2.32. The van der Waals surface area contributed by atoms with Gasteiger partial charge >= 0.3 is 0 Å². The van der Waals surface area contributed by atoms with Gasteiger partial charge in [-0.3, -0.25) is 9.59 Å².